The van der Waals surface area contributed by atoms with Crippen LogP contribution in [0.5, 0.6) is 0 Å². The number of alkyl halides is 3. The van der Waals surface area contributed by atoms with E-state index in [2.05, 4.69) is 15.5 Å². The molecule has 0 radical (unpaired) electrons. The van der Waals surface area contributed by atoms with Gasteiger partial charge in [0.25, 0.3) is 0 Å². The molecule has 0 atom stereocenters. The summed E-state index contributed by atoms with van der Waals surface area (Å²) in [7, 11) is 0. The second-order valence-corrected chi connectivity index (χ2v) is 4.00. The number of hydrogen-bond donors (Lipinski definition) is 1. The summed E-state index contributed by atoms with van der Waals surface area (Å²) in [6.07, 6.45) is -4.14. The first-order valence-electron chi connectivity index (χ1n) is 5.82. The summed E-state index contributed by atoms with van der Waals surface area (Å²) < 4.78 is 55.6. The second-order valence-electron chi connectivity index (χ2n) is 4.00. The van der Waals surface area contributed by atoms with E-state index in [1.165, 1.54) is 6.07 Å². The van der Waals surface area contributed by atoms with Gasteiger partial charge in [-0.2, -0.15) is 18.2 Å². The molecule has 0 saturated carbocycles. The highest BCUT2D eigenvalue weighted by molar-refractivity contribution is 5.47. The lowest BCUT2D eigenvalue weighted by Gasteiger charge is -2.10. The van der Waals surface area contributed by atoms with Crippen LogP contribution in [0.25, 0.3) is 0 Å². The second kappa shape index (κ2) is 5.48. The summed E-state index contributed by atoms with van der Waals surface area (Å²) in [6.45, 7) is 1.91. The number of hydrogen-bond acceptors (Lipinski definition) is 4. The molecule has 1 heterocycles. The summed E-state index contributed by atoms with van der Waals surface area (Å²) in [6, 6.07) is 2.67. The van der Waals surface area contributed by atoms with Crippen LogP contribution in [0.3, 0.4) is 0 Å². The minimum absolute atomic E-state index is 0.0654. The fourth-order valence-electron chi connectivity index (χ4n) is 1.54. The molecule has 2 aromatic rings. The van der Waals surface area contributed by atoms with Crippen molar-refractivity contribution in [2.24, 2.45) is 0 Å². The quantitative estimate of drug-likeness (QED) is 0.876. The van der Waals surface area contributed by atoms with E-state index in [9.17, 15) is 17.6 Å². The van der Waals surface area contributed by atoms with Crippen molar-refractivity contribution in [3.8, 4) is 0 Å². The Morgan fingerprint density at radius 2 is 2.05 bits per heavy atom. The van der Waals surface area contributed by atoms with Gasteiger partial charge in [0.2, 0.25) is 5.89 Å². The first-order chi connectivity index (χ1) is 9.40. The van der Waals surface area contributed by atoms with Crippen molar-refractivity contribution in [2.45, 2.75) is 26.1 Å². The molecule has 1 aromatic carbocycles. The topological polar surface area (TPSA) is 51.0 Å². The predicted molar refractivity (Wildman–Crippen MR) is 62.4 cm³/mol. The number of aromatic nitrogens is 2. The number of aryl methyl sites for hydroxylation is 1. The van der Waals surface area contributed by atoms with Gasteiger partial charge in [0.1, 0.15) is 5.82 Å². The molecule has 0 aliphatic heterocycles. The largest absolute Gasteiger partial charge is 0.419 e. The third kappa shape index (κ3) is 3.25. The van der Waals surface area contributed by atoms with E-state index in [4.69, 9.17) is 4.52 Å². The third-order valence-electron chi connectivity index (χ3n) is 2.54. The minimum atomic E-state index is -4.73. The first kappa shape index (κ1) is 14.3. The smallest absolute Gasteiger partial charge is 0.376 e. The maximum atomic E-state index is 13.1. The summed E-state index contributed by atoms with van der Waals surface area (Å²) >= 11 is 0. The molecule has 0 spiro atoms. The summed E-state index contributed by atoms with van der Waals surface area (Å²) in [5, 5.41) is 6.33. The Labute approximate surface area is 111 Å². The van der Waals surface area contributed by atoms with Crippen molar-refractivity contribution >= 4 is 5.69 Å². The lowest BCUT2D eigenvalue weighted by molar-refractivity contribution is -0.139. The van der Waals surface area contributed by atoms with Crippen LogP contribution in [0.1, 0.15) is 24.2 Å². The summed E-state index contributed by atoms with van der Waals surface area (Å²) in [5.41, 5.74) is -1.20. The van der Waals surface area contributed by atoms with Crippen LogP contribution in [0, 0.1) is 5.82 Å². The number of nitrogens with zero attached hydrogens (tertiary/aromatic N) is 2. The van der Waals surface area contributed by atoms with Gasteiger partial charge in [-0.25, -0.2) is 4.39 Å². The molecule has 0 fully saturated rings. The minimum Gasteiger partial charge on any atom is -0.376 e. The highest BCUT2D eigenvalue weighted by Gasteiger charge is 2.34. The standard InChI is InChI=1S/C12H11F4N3O/c1-2-10-18-11(20-19-10)6-17-7-3-4-9(13)8(5-7)12(14,15)16/h3-5,17H,2,6H2,1H3. The Hall–Kier alpha value is -2.12. The Kier molecular flexibility index (Phi) is 3.91. The SMILES string of the molecule is CCc1noc(CNc2ccc(F)c(C(F)(F)F)c2)n1. The molecule has 0 bridgehead atoms. The molecule has 4 nitrogen and oxygen atoms in total. The summed E-state index contributed by atoms with van der Waals surface area (Å²) in [5.74, 6) is -0.550. The molecule has 0 saturated heterocycles. The van der Waals surface area contributed by atoms with E-state index in [1.807, 2.05) is 6.92 Å². The fourth-order valence-corrected chi connectivity index (χ4v) is 1.54. The highest BCUT2D eigenvalue weighted by Crippen LogP contribution is 2.33. The molecule has 108 valence electrons. The van der Waals surface area contributed by atoms with Crippen molar-refractivity contribution in [3.05, 3.63) is 41.3 Å². The molecule has 2 rings (SSSR count). The van der Waals surface area contributed by atoms with Crippen molar-refractivity contribution in [1.82, 2.24) is 10.1 Å². The zero-order valence-electron chi connectivity index (χ0n) is 10.5. The average molecular weight is 289 g/mol. The van der Waals surface area contributed by atoms with Crippen LogP contribution in [0.15, 0.2) is 22.7 Å². The Balaban J connectivity index is 2.10. The van der Waals surface area contributed by atoms with Gasteiger partial charge < -0.3 is 9.84 Å². The van der Waals surface area contributed by atoms with Crippen LogP contribution in [0.4, 0.5) is 23.2 Å². The Morgan fingerprint density at radius 3 is 2.65 bits per heavy atom. The number of benzene rings is 1. The van der Waals surface area contributed by atoms with Crippen molar-refractivity contribution in [3.63, 3.8) is 0 Å². The molecular formula is C12H11F4N3O. The first-order valence-corrected chi connectivity index (χ1v) is 5.82. The van der Waals surface area contributed by atoms with Gasteiger partial charge in [0.15, 0.2) is 5.82 Å². The molecule has 1 N–H and O–H groups in total. The Morgan fingerprint density at radius 1 is 1.30 bits per heavy atom. The van der Waals surface area contributed by atoms with E-state index < -0.39 is 17.6 Å². The van der Waals surface area contributed by atoms with E-state index in [0.717, 1.165) is 6.07 Å². The van der Waals surface area contributed by atoms with Gasteiger partial charge >= 0.3 is 6.18 Å². The molecule has 1 aromatic heterocycles. The predicted octanol–water partition coefficient (Wildman–Crippen LogP) is 3.40. The van der Waals surface area contributed by atoms with Crippen molar-refractivity contribution in [1.29, 1.82) is 0 Å². The number of rotatable bonds is 4. The van der Waals surface area contributed by atoms with Crippen LogP contribution >= 0.6 is 0 Å². The van der Waals surface area contributed by atoms with Crippen LogP contribution in [-0.2, 0) is 19.1 Å². The van der Waals surface area contributed by atoms with E-state index in [-0.39, 0.29) is 18.1 Å². The van der Waals surface area contributed by atoms with E-state index in [1.54, 1.807) is 0 Å². The van der Waals surface area contributed by atoms with Gasteiger partial charge in [0, 0.05) is 12.1 Å². The number of nitrogens with one attached hydrogen (secondary N) is 1. The molecule has 0 unspecified atom stereocenters. The van der Waals surface area contributed by atoms with E-state index >= 15 is 0 Å². The Bertz CT molecular complexity index is 595. The maximum Gasteiger partial charge on any atom is 0.419 e. The van der Waals surface area contributed by atoms with Gasteiger partial charge in [-0.15, -0.1) is 0 Å². The molecule has 0 aliphatic rings. The monoisotopic (exact) mass is 289 g/mol. The maximum absolute atomic E-state index is 13.1. The molecule has 8 heteroatoms. The zero-order chi connectivity index (χ0) is 14.8. The normalized spacial score (nSPS) is 11.7. The van der Waals surface area contributed by atoms with Crippen LogP contribution < -0.4 is 5.32 Å². The molecule has 0 amide bonds. The van der Waals surface area contributed by atoms with Crippen molar-refractivity contribution < 1.29 is 22.1 Å². The lowest BCUT2D eigenvalue weighted by atomic mass is 10.2. The molecule has 0 aliphatic carbocycles. The van der Waals surface area contributed by atoms with Gasteiger partial charge in [-0.05, 0) is 18.2 Å². The lowest BCUT2D eigenvalue weighted by Crippen LogP contribution is -2.09. The van der Waals surface area contributed by atoms with E-state index in [0.29, 0.717) is 18.3 Å². The van der Waals surface area contributed by atoms with Crippen LogP contribution in [0.2, 0.25) is 0 Å². The van der Waals surface area contributed by atoms with Gasteiger partial charge in [-0.3, -0.25) is 0 Å². The molecular weight excluding hydrogens is 278 g/mol. The average Bonchev–Trinajstić information content (AvgIpc) is 2.84. The number of halogens is 4. The molecule has 20 heavy (non-hydrogen) atoms. The van der Waals surface area contributed by atoms with Gasteiger partial charge in [0.05, 0.1) is 12.1 Å². The van der Waals surface area contributed by atoms with Crippen LogP contribution in [-0.4, -0.2) is 10.1 Å². The van der Waals surface area contributed by atoms with Gasteiger partial charge in [-0.1, -0.05) is 12.1 Å². The third-order valence-corrected chi connectivity index (χ3v) is 2.54. The highest BCUT2D eigenvalue weighted by atomic mass is 19.4. The summed E-state index contributed by atoms with van der Waals surface area (Å²) in [4.78, 5) is 4.00. The fraction of sp³-hybridized carbons (Fsp3) is 0.333. The van der Waals surface area contributed by atoms with Crippen molar-refractivity contribution in [2.75, 3.05) is 5.32 Å². The number of anilines is 1. The zero-order valence-corrected chi connectivity index (χ0v) is 10.5.